The number of urea groups is 1. The summed E-state index contributed by atoms with van der Waals surface area (Å²) in [6, 6.07) is 5.75. The van der Waals surface area contributed by atoms with Gasteiger partial charge in [-0.2, -0.15) is 0 Å². The number of aliphatic hydroxyl groups is 1. The molecule has 18 heavy (non-hydrogen) atoms. The first-order valence-electron chi connectivity index (χ1n) is 6.28. The van der Waals surface area contributed by atoms with Gasteiger partial charge in [0.25, 0.3) is 0 Å². The number of anilines is 1. The van der Waals surface area contributed by atoms with Crippen molar-refractivity contribution >= 4 is 11.7 Å². The molecule has 0 atom stereocenters. The molecule has 1 aliphatic carbocycles. The standard InChI is InChI=1S/C14H20N2O2/c1-10-3-4-11(2)12(7-10)16-13(18)15-8-14(9-17)5-6-14/h3-4,7,17H,5-6,8-9H2,1-2H3,(H2,15,16,18). The molecule has 0 heterocycles. The third kappa shape index (κ3) is 3.01. The lowest BCUT2D eigenvalue weighted by atomic mass is 10.1. The number of aliphatic hydroxyl groups excluding tert-OH is 1. The van der Waals surface area contributed by atoms with Gasteiger partial charge < -0.3 is 15.7 Å². The van der Waals surface area contributed by atoms with Crippen LogP contribution in [0.25, 0.3) is 0 Å². The highest BCUT2D eigenvalue weighted by Gasteiger charge is 2.42. The average molecular weight is 248 g/mol. The monoisotopic (exact) mass is 248 g/mol. The normalized spacial score (nSPS) is 16.2. The van der Waals surface area contributed by atoms with Gasteiger partial charge in [-0.25, -0.2) is 4.79 Å². The van der Waals surface area contributed by atoms with Crippen molar-refractivity contribution < 1.29 is 9.90 Å². The molecule has 3 N–H and O–H groups in total. The van der Waals surface area contributed by atoms with Gasteiger partial charge in [0.1, 0.15) is 0 Å². The minimum atomic E-state index is -0.205. The van der Waals surface area contributed by atoms with Crippen LogP contribution in [0.1, 0.15) is 24.0 Å². The molecule has 0 radical (unpaired) electrons. The molecular weight excluding hydrogens is 228 g/mol. The van der Waals surface area contributed by atoms with Gasteiger partial charge in [0.15, 0.2) is 0 Å². The van der Waals surface area contributed by atoms with E-state index >= 15 is 0 Å². The molecule has 1 aromatic carbocycles. The lowest BCUT2D eigenvalue weighted by Gasteiger charge is -2.14. The number of benzene rings is 1. The van der Waals surface area contributed by atoms with E-state index in [2.05, 4.69) is 10.6 Å². The number of aryl methyl sites for hydroxylation is 2. The molecule has 4 heteroatoms. The third-order valence-corrected chi connectivity index (χ3v) is 3.56. The van der Waals surface area contributed by atoms with Gasteiger partial charge in [-0.05, 0) is 43.9 Å². The molecule has 0 saturated heterocycles. The van der Waals surface area contributed by atoms with Crippen molar-refractivity contribution in [2.45, 2.75) is 26.7 Å². The van der Waals surface area contributed by atoms with Crippen LogP contribution in [0.5, 0.6) is 0 Å². The summed E-state index contributed by atoms with van der Waals surface area (Å²) in [4.78, 5) is 11.8. The quantitative estimate of drug-likeness (QED) is 0.765. The van der Waals surface area contributed by atoms with Crippen LogP contribution in [0.2, 0.25) is 0 Å². The third-order valence-electron chi connectivity index (χ3n) is 3.56. The minimum absolute atomic E-state index is 0.0566. The summed E-state index contributed by atoms with van der Waals surface area (Å²) in [5.74, 6) is 0. The summed E-state index contributed by atoms with van der Waals surface area (Å²) in [6.45, 7) is 4.65. The molecule has 0 aromatic heterocycles. The van der Waals surface area contributed by atoms with Crippen LogP contribution in [-0.2, 0) is 0 Å². The van der Waals surface area contributed by atoms with Crippen molar-refractivity contribution in [3.63, 3.8) is 0 Å². The fourth-order valence-electron chi connectivity index (χ4n) is 1.87. The van der Waals surface area contributed by atoms with Crippen LogP contribution in [0, 0.1) is 19.3 Å². The maximum Gasteiger partial charge on any atom is 0.319 e. The molecule has 1 aliphatic rings. The molecule has 1 saturated carbocycles. The van der Waals surface area contributed by atoms with E-state index in [0.717, 1.165) is 29.7 Å². The maximum atomic E-state index is 11.8. The van der Waals surface area contributed by atoms with Gasteiger partial charge in [-0.15, -0.1) is 0 Å². The number of rotatable bonds is 4. The summed E-state index contributed by atoms with van der Waals surface area (Å²) in [6.07, 6.45) is 1.99. The second-order valence-corrected chi connectivity index (χ2v) is 5.28. The minimum Gasteiger partial charge on any atom is -0.396 e. The fraction of sp³-hybridized carbons (Fsp3) is 0.500. The highest BCUT2D eigenvalue weighted by molar-refractivity contribution is 5.90. The second-order valence-electron chi connectivity index (χ2n) is 5.28. The highest BCUT2D eigenvalue weighted by Crippen LogP contribution is 2.44. The first-order chi connectivity index (χ1) is 8.54. The smallest absolute Gasteiger partial charge is 0.319 e. The molecule has 0 unspecified atom stereocenters. The summed E-state index contributed by atoms with van der Waals surface area (Å²) < 4.78 is 0. The molecule has 0 spiro atoms. The van der Waals surface area contributed by atoms with Crippen LogP contribution in [-0.4, -0.2) is 24.3 Å². The van der Waals surface area contributed by atoms with E-state index in [-0.39, 0.29) is 18.1 Å². The summed E-state index contributed by atoms with van der Waals surface area (Å²) in [5, 5.41) is 14.8. The lowest BCUT2D eigenvalue weighted by molar-refractivity contribution is 0.206. The van der Waals surface area contributed by atoms with Crippen LogP contribution in [0.4, 0.5) is 10.5 Å². The Labute approximate surface area is 107 Å². The largest absolute Gasteiger partial charge is 0.396 e. The second kappa shape index (κ2) is 4.98. The van der Waals surface area contributed by atoms with Crippen molar-refractivity contribution in [2.24, 2.45) is 5.41 Å². The molecule has 98 valence electrons. The van der Waals surface area contributed by atoms with E-state index in [0.29, 0.717) is 6.54 Å². The molecular formula is C14H20N2O2. The molecule has 1 aromatic rings. The Morgan fingerprint density at radius 3 is 2.72 bits per heavy atom. The number of amides is 2. The van der Waals surface area contributed by atoms with Gasteiger partial charge in [0.2, 0.25) is 0 Å². The maximum absolute atomic E-state index is 11.8. The summed E-state index contributed by atoms with van der Waals surface area (Å²) in [7, 11) is 0. The zero-order chi connectivity index (χ0) is 13.2. The van der Waals surface area contributed by atoms with E-state index in [9.17, 15) is 4.79 Å². The predicted octanol–water partition coefficient (Wildman–Crippen LogP) is 2.20. The zero-order valence-electron chi connectivity index (χ0n) is 10.9. The zero-order valence-corrected chi connectivity index (χ0v) is 10.9. The van der Waals surface area contributed by atoms with E-state index in [1.807, 2.05) is 32.0 Å². The number of carbonyl (C=O) groups is 1. The molecule has 0 aliphatic heterocycles. The van der Waals surface area contributed by atoms with E-state index in [1.165, 1.54) is 0 Å². The summed E-state index contributed by atoms with van der Waals surface area (Å²) >= 11 is 0. The number of nitrogens with one attached hydrogen (secondary N) is 2. The van der Waals surface area contributed by atoms with E-state index in [1.54, 1.807) is 0 Å². The van der Waals surface area contributed by atoms with Crippen molar-refractivity contribution in [3.8, 4) is 0 Å². The van der Waals surface area contributed by atoms with Crippen molar-refractivity contribution in [2.75, 3.05) is 18.5 Å². The SMILES string of the molecule is Cc1ccc(C)c(NC(=O)NCC2(CO)CC2)c1. The highest BCUT2D eigenvalue weighted by atomic mass is 16.3. The fourth-order valence-corrected chi connectivity index (χ4v) is 1.87. The van der Waals surface area contributed by atoms with Crippen LogP contribution >= 0.6 is 0 Å². The Kier molecular flexibility index (Phi) is 3.57. The average Bonchev–Trinajstić information content (AvgIpc) is 3.12. The van der Waals surface area contributed by atoms with Gasteiger partial charge in [-0.3, -0.25) is 0 Å². The van der Waals surface area contributed by atoms with Crippen LogP contribution < -0.4 is 10.6 Å². The molecule has 4 nitrogen and oxygen atoms in total. The first kappa shape index (κ1) is 12.9. The van der Waals surface area contributed by atoms with Crippen LogP contribution in [0.15, 0.2) is 18.2 Å². The van der Waals surface area contributed by atoms with Gasteiger partial charge in [0, 0.05) is 17.6 Å². The Hall–Kier alpha value is -1.55. The van der Waals surface area contributed by atoms with Crippen LogP contribution in [0.3, 0.4) is 0 Å². The Morgan fingerprint density at radius 1 is 1.39 bits per heavy atom. The Morgan fingerprint density at radius 2 is 2.11 bits per heavy atom. The predicted molar refractivity (Wildman–Crippen MR) is 71.7 cm³/mol. The van der Waals surface area contributed by atoms with Gasteiger partial charge >= 0.3 is 6.03 Å². The number of hydrogen-bond donors (Lipinski definition) is 3. The number of carbonyl (C=O) groups excluding carboxylic acids is 1. The lowest BCUT2D eigenvalue weighted by Crippen LogP contribution is -2.35. The van der Waals surface area contributed by atoms with E-state index in [4.69, 9.17) is 5.11 Å². The molecule has 1 fully saturated rings. The van der Waals surface area contributed by atoms with Crippen molar-refractivity contribution in [3.05, 3.63) is 29.3 Å². The summed E-state index contributed by atoms with van der Waals surface area (Å²) in [5.41, 5.74) is 2.93. The molecule has 2 amide bonds. The van der Waals surface area contributed by atoms with Gasteiger partial charge in [-0.1, -0.05) is 12.1 Å². The van der Waals surface area contributed by atoms with E-state index < -0.39 is 0 Å². The molecule has 0 bridgehead atoms. The van der Waals surface area contributed by atoms with Crippen molar-refractivity contribution in [1.29, 1.82) is 0 Å². The van der Waals surface area contributed by atoms with Gasteiger partial charge in [0.05, 0.1) is 6.61 Å². The Bertz CT molecular complexity index is 453. The first-order valence-corrected chi connectivity index (χ1v) is 6.28. The number of hydrogen-bond acceptors (Lipinski definition) is 2. The topological polar surface area (TPSA) is 61.4 Å². The Balaban J connectivity index is 1.89. The van der Waals surface area contributed by atoms with Crippen molar-refractivity contribution in [1.82, 2.24) is 5.32 Å². The molecule has 2 rings (SSSR count).